The molecule has 6 rings (SSSR count). The number of rotatable bonds is 5. The minimum Gasteiger partial charge on any atom is -0.459 e. The third-order valence-electron chi connectivity index (χ3n) is 7.85. The predicted molar refractivity (Wildman–Crippen MR) is 129 cm³/mol. The van der Waals surface area contributed by atoms with Crippen molar-refractivity contribution >= 4 is 17.7 Å². The van der Waals surface area contributed by atoms with Crippen molar-refractivity contribution in [2.24, 2.45) is 4.99 Å². The maximum Gasteiger partial charge on any atom is 0.359 e. The van der Waals surface area contributed by atoms with Gasteiger partial charge in [-0.15, -0.1) is 0 Å². The van der Waals surface area contributed by atoms with E-state index in [0.717, 1.165) is 69.9 Å². The molecule has 2 heterocycles. The number of benzene rings is 1. The molecule has 1 aromatic heterocycles. The number of fused-ring (bicyclic) bond motifs is 2. The second kappa shape index (κ2) is 8.36. The summed E-state index contributed by atoms with van der Waals surface area (Å²) in [5, 5.41) is 18.0. The van der Waals surface area contributed by atoms with Crippen molar-refractivity contribution in [2.45, 2.75) is 95.4 Å². The molecule has 4 aliphatic rings. The quantitative estimate of drug-likeness (QED) is 0.623. The first kappa shape index (κ1) is 22.6. The van der Waals surface area contributed by atoms with E-state index in [4.69, 9.17) is 14.0 Å². The lowest BCUT2D eigenvalue weighted by Gasteiger charge is -2.26. The summed E-state index contributed by atoms with van der Waals surface area (Å²) < 4.78 is 17.6. The van der Waals surface area contributed by atoms with Gasteiger partial charge in [-0.25, -0.2) is 9.79 Å². The van der Waals surface area contributed by atoms with Gasteiger partial charge < -0.3 is 24.4 Å². The number of nitrogens with zero attached hydrogens (tertiary/aromatic N) is 2. The van der Waals surface area contributed by atoms with E-state index >= 15 is 0 Å². The zero-order chi connectivity index (χ0) is 24.2. The number of anilines is 1. The van der Waals surface area contributed by atoms with Crippen LogP contribution in [0.15, 0.2) is 21.6 Å². The minimum absolute atomic E-state index is 0.0376. The Bertz CT molecular complexity index is 1160. The molecule has 1 fully saturated rings. The van der Waals surface area contributed by atoms with Gasteiger partial charge in [-0.1, -0.05) is 11.2 Å². The largest absolute Gasteiger partial charge is 0.459 e. The number of aryl methyl sites for hydroxylation is 2. The van der Waals surface area contributed by atoms with Gasteiger partial charge >= 0.3 is 5.97 Å². The van der Waals surface area contributed by atoms with Gasteiger partial charge in [-0.05, 0) is 100 Å². The third-order valence-corrected chi connectivity index (χ3v) is 7.85. The Morgan fingerprint density at radius 3 is 2.40 bits per heavy atom. The summed E-state index contributed by atoms with van der Waals surface area (Å²) in [4.78, 5) is 18.2. The molecule has 0 saturated heterocycles. The Balaban J connectivity index is 1.31. The molecule has 1 saturated carbocycles. The number of carbonyl (C=O) groups excluding carboxylic acids is 1. The molecule has 1 aliphatic heterocycles. The first-order valence-corrected chi connectivity index (χ1v) is 12.9. The van der Waals surface area contributed by atoms with Crippen molar-refractivity contribution in [1.82, 2.24) is 5.16 Å². The zero-order valence-electron chi connectivity index (χ0n) is 20.5. The van der Waals surface area contributed by atoms with Crippen LogP contribution in [0.5, 0.6) is 0 Å². The molecule has 2 N–H and O–H groups in total. The van der Waals surface area contributed by atoms with Gasteiger partial charge in [-0.3, -0.25) is 0 Å². The molecule has 8 heteroatoms. The highest BCUT2D eigenvalue weighted by atomic mass is 16.6. The molecule has 3 aliphatic carbocycles. The van der Waals surface area contributed by atoms with Crippen LogP contribution in [0.1, 0.15) is 86.1 Å². The van der Waals surface area contributed by atoms with E-state index in [1.165, 1.54) is 22.3 Å². The molecule has 0 bridgehead atoms. The lowest BCUT2D eigenvalue weighted by molar-refractivity contribution is -0.168. The number of hydrogen-bond donors (Lipinski definition) is 2. The summed E-state index contributed by atoms with van der Waals surface area (Å²) in [6.45, 7) is 3.25. The maximum absolute atomic E-state index is 13.6. The Morgan fingerprint density at radius 2 is 1.77 bits per heavy atom. The highest BCUT2D eigenvalue weighted by Gasteiger charge is 2.53. The molecule has 0 radical (unpaired) electrons. The summed E-state index contributed by atoms with van der Waals surface area (Å²) in [6, 6.07) is 4.26. The summed E-state index contributed by atoms with van der Waals surface area (Å²) in [5.41, 5.74) is 4.08. The molecular weight excluding hydrogens is 446 g/mol. The second-order valence-corrected chi connectivity index (χ2v) is 10.9. The van der Waals surface area contributed by atoms with Crippen molar-refractivity contribution in [3.63, 3.8) is 0 Å². The molecule has 1 aromatic carbocycles. The fourth-order valence-electron chi connectivity index (χ4n) is 5.90. The first-order chi connectivity index (χ1) is 16.8. The van der Waals surface area contributed by atoms with Crippen LogP contribution in [0.2, 0.25) is 0 Å². The van der Waals surface area contributed by atoms with E-state index in [0.29, 0.717) is 6.02 Å². The summed E-state index contributed by atoms with van der Waals surface area (Å²) >= 11 is 0. The average molecular weight is 480 g/mol. The Morgan fingerprint density at radius 1 is 1.09 bits per heavy atom. The lowest BCUT2D eigenvalue weighted by atomic mass is 9.97. The molecule has 8 nitrogen and oxygen atoms in total. The van der Waals surface area contributed by atoms with Crippen molar-refractivity contribution in [2.75, 3.05) is 11.9 Å². The van der Waals surface area contributed by atoms with Crippen LogP contribution in [-0.2, 0) is 51.2 Å². The van der Waals surface area contributed by atoms with Crippen molar-refractivity contribution < 1.29 is 23.9 Å². The van der Waals surface area contributed by atoms with Crippen LogP contribution in [0.3, 0.4) is 0 Å². The number of esters is 1. The van der Waals surface area contributed by atoms with Gasteiger partial charge in [0.2, 0.25) is 0 Å². The Labute approximate surface area is 205 Å². The maximum atomic E-state index is 13.6. The Hall–Kier alpha value is -2.87. The number of carbonyl (C=O) groups is 1. The van der Waals surface area contributed by atoms with E-state index in [1.807, 2.05) is 0 Å². The number of nitrogens with one attached hydrogen (secondary N) is 1. The van der Waals surface area contributed by atoms with Crippen molar-refractivity contribution in [1.29, 1.82) is 0 Å². The van der Waals surface area contributed by atoms with E-state index in [9.17, 15) is 9.90 Å². The molecule has 186 valence electrons. The minimum atomic E-state index is -1.54. The van der Waals surface area contributed by atoms with Gasteiger partial charge in [0.05, 0.1) is 0 Å². The van der Waals surface area contributed by atoms with Gasteiger partial charge in [0.25, 0.3) is 11.6 Å². The topological polar surface area (TPSA) is 106 Å². The van der Waals surface area contributed by atoms with Crippen molar-refractivity contribution in [3.05, 3.63) is 45.8 Å². The molecule has 0 spiro atoms. The van der Waals surface area contributed by atoms with Crippen LogP contribution in [0.25, 0.3) is 0 Å². The number of aromatic nitrogens is 1. The molecule has 2 aromatic rings. The number of ether oxygens (including phenoxy) is 2. The van der Waals surface area contributed by atoms with Crippen LogP contribution in [0, 0.1) is 0 Å². The van der Waals surface area contributed by atoms with Crippen LogP contribution >= 0.6 is 0 Å². The monoisotopic (exact) mass is 479 g/mol. The Kier molecular flexibility index (Phi) is 5.40. The fraction of sp³-hybridized carbons (Fsp3) is 0.593. The zero-order valence-corrected chi connectivity index (χ0v) is 20.5. The normalized spacial score (nSPS) is 23.7. The van der Waals surface area contributed by atoms with E-state index < -0.39 is 17.2 Å². The van der Waals surface area contributed by atoms with Gasteiger partial charge in [0, 0.05) is 11.8 Å². The highest BCUT2D eigenvalue weighted by molar-refractivity contribution is 5.96. The number of amidine groups is 1. The van der Waals surface area contributed by atoms with E-state index in [-0.39, 0.29) is 24.1 Å². The number of hydrogen-bond acceptors (Lipinski definition) is 8. The summed E-state index contributed by atoms with van der Waals surface area (Å²) in [6.07, 6.45) is 10.2. The average Bonchev–Trinajstić information content (AvgIpc) is 3.63. The number of aliphatic imine (C=N–C) groups is 1. The van der Waals surface area contributed by atoms with E-state index in [2.05, 4.69) is 21.5 Å². The summed E-state index contributed by atoms with van der Waals surface area (Å²) in [7, 11) is 0. The van der Waals surface area contributed by atoms with Gasteiger partial charge in [0.15, 0.2) is 5.76 Å². The summed E-state index contributed by atoms with van der Waals surface area (Å²) in [5.74, 6) is -0.256. The third kappa shape index (κ3) is 3.92. The fourth-order valence-corrected chi connectivity index (χ4v) is 5.90. The number of aliphatic hydroxyl groups is 1. The second-order valence-electron chi connectivity index (χ2n) is 10.9. The molecule has 1 atom stereocenters. The van der Waals surface area contributed by atoms with Crippen LogP contribution in [-0.4, -0.2) is 34.9 Å². The SMILES string of the molecule is CC(C)(O)c1cc(C2(C(=O)OC3CCCC3)CN=C(Nc3c4c(cc5c3CCC5)CCC4)O2)no1. The van der Waals surface area contributed by atoms with E-state index in [1.54, 1.807) is 19.9 Å². The predicted octanol–water partition coefficient (Wildman–Crippen LogP) is 4.06. The molecule has 0 amide bonds. The van der Waals surface area contributed by atoms with Crippen molar-refractivity contribution in [3.8, 4) is 0 Å². The van der Waals surface area contributed by atoms with Crippen LogP contribution < -0.4 is 5.32 Å². The van der Waals surface area contributed by atoms with Crippen LogP contribution in [0.4, 0.5) is 5.69 Å². The molecular formula is C27H33N3O5. The highest BCUT2D eigenvalue weighted by Crippen LogP contribution is 2.41. The van der Waals surface area contributed by atoms with Gasteiger partial charge in [-0.2, -0.15) is 0 Å². The first-order valence-electron chi connectivity index (χ1n) is 12.9. The van der Waals surface area contributed by atoms with Gasteiger partial charge in [0.1, 0.15) is 23.9 Å². The smallest absolute Gasteiger partial charge is 0.359 e. The molecule has 1 unspecified atom stereocenters. The lowest BCUT2D eigenvalue weighted by Crippen LogP contribution is -2.43. The molecule has 35 heavy (non-hydrogen) atoms. The standard InChI is InChI=1S/C27H33N3O5/c1-26(2,32)22-14-21(30-35-22)27(24(31)33-18-9-3-4-10-18)15-28-25(34-27)29-23-19-11-5-7-16(19)13-17-8-6-12-20(17)23/h13-14,18,32H,3-12,15H2,1-2H3,(H,28,29).